The van der Waals surface area contributed by atoms with Gasteiger partial charge in [0.05, 0.1) is 23.9 Å². The highest BCUT2D eigenvalue weighted by molar-refractivity contribution is 7.10. The lowest BCUT2D eigenvalue weighted by molar-refractivity contribution is -0.178. The SMILES string of the molecule is CC(=O)O[C@H](C(=O)NCc1cc(Cn2cnc3ccccc32)cs1)[C@@H](OC(C)=O)C(=O)N1Cc2ccccc2C1. The van der Waals surface area contributed by atoms with E-state index in [4.69, 9.17) is 9.47 Å². The van der Waals surface area contributed by atoms with Gasteiger partial charge in [0.25, 0.3) is 11.8 Å². The van der Waals surface area contributed by atoms with Gasteiger partial charge >= 0.3 is 11.9 Å². The highest BCUT2D eigenvalue weighted by Gasteiger charge is 2.42. The molecule has 1 aliphatic heterocycles. The van der Waals surface area contributed by atoms with Crippen LogP contribution in [0, 0.1) is 0 Å². The van der Waals surface area contributed by atoms with Crippen LogP contribution < -0.4 is 5.32 Å². The van der Waals surface area contributed by atoms with E-state index in [2.05, 4.69) is 10.3 Å². The molecular formula is C29H28N4O6S. The van der Waals surface area contributed by atoms with Crippen LogP contribution in [-0.2, 0) is 54.8 Å². The fourth-order valence-electron chi connectivity index (χ4n) is 4.73. The third-order valence-corrected chi connectivity index (χ3v) is 7.53. The van der Waals surface area contributed by atoms with Crippen LogP contribution in [0.5, 0.6) is 0 Å². The second kappa shape index (κ2) is 11.7. The van der Waals surface area contributed by atoms with Crippen molar-refractivity contribution in [2.24, 2.45) is 0 Å². The predicted octanol–water partition coefficient (Wildman–Crippen LogP) is 3.17. The van der Waals surface area contributed by atoms with Crippen molar-refractivity contribution in [3.8, 4) is 0 Å². The molecule has 1 N–H and O–H groups in total. The molecule has 2 atom stereocenters. The van der Waals surface area contributed by atoms with Crippen LogP contribution >= 0.6 is 11.3 Å². The summed E-state index contributed by atoms with van der Waals surface area (Å²) in [7, 11) is 0. The molecule has 0 radical (unpaired) electrons. The molecule has 40 heavy (non-hydrogen) atoms. The molecule has 0 spiro atoms. The zero-order valence-corrected chi connectivity index (χ0v) is 22.8. The van der Waals surface area contributed by atoms with Crippen LogP contribution in [0.3, 0.4) is 0 Å². The van der Waals surface area contributed by atoms with Crippen LogP contribution in [0.4, 0.5) is 0 Å². The molecule has 0 saturated carbocycles. The van der Waals surface area contributed by atoms with E-state index >= 15 is 0 Å². The molecule has 0 bridgehead atoms. The van der Waals surface area contributed by atoms with Gasteiger partial charge in [-0.1, -0.05) is 36.4 Å². The number of nitrogens with zero attached hydrogens (tertiary/aromatic N) is 3. The smallest absolute Gasteiger partial charge is 0.303 e. The Labute approximate surface area is 234 Å². The van der Waals surface area contributed by atoms with Crippen molar-refractivity contribution < 1.29 is 28.7 Å². The minimum Gasteiger partial charge on any atom is -0.448 e. The first-order valence-electron chi connectivity index (χ1n) is 12.7. The summed E-state index contributed by atoms with van der Waals surface area (Å²) in [6.07, 6.45) is -1.48. The van der Waals surface area contributed by atoms with E-state index in [0.717, 1.165) is 46.4 Å². The van der Waals surface area contributed by atoms with Gasteiger partial charge in [0.2, 0.25) is 12.2 Å². The average molecular weight is 561 g/mol. The maximum absolute atomic E-state index is 13.5. The number of para-hydroxylation sites is 2. The zero-order chi connectivity index (χ0) is 28.2. The number of nitrogens with one attached hydrogen (secondary N) is 1. The molecular weight excluding hydrogens is 532 g/mol. The van der Waals surface area contributed by atoms with Crippen molar-refractivity contribution in [3.05, 3.63) is 87.9 Å². The maximum atomic E-state index is 13.5. The van der Waals surface area contributed by atoms with Gasteiger partial charge in [-0.05, 0) is 40.3 Å². The van der Waals surface area contributed by atoms with Gasteiger partial charge in [-0.2, -0.15) is 0 Å². The molecule has 0 saturated heterocycles. The van der Waals surface area contributed by atoms with Gasteiger partial charge in [0.1, 0.15) is 0 Å². The Morgan fingerprint density at radius 2 is 1.60 bits per heavy atom. The van der Waals surface area contributed by atoms with Gasteiger partial charge in [0.15, 0.2) is 0 Å². The number of rotatable bonds is 9. The molecule has 10 nitrogen and oxygen atoms in total. The van der Waals surface area contributed by atoms with Crippen LogP contribution in [0.25, 0.3) is 11.0 Å². The summed E-state index contributed by atoms with van der Waals surface area (Å²) < 4.78 is 12.6. The Morgan fingerprint density at radius 3 is 2.30 bits per heavy atom. The van der Waals surface area contributed by atoms with E-state index in [9.17, 15) is 19.2 Å². The van der Waals surface area contributed by atoms with Gasteiger partial charge in [-0.15, -0.1) is 11.3 Å². The van der Waals surface area contributed by atoms with Crippen LogP contribution in [0.2, 0.25) is 0 Å². The Hall–Kier alpha value is -4.51. The van der Waals surface area contributed by atoms with E-state index in [1.165, 1.54) is 16.2 Å². The molecule has 2 aromatic carbocycles. The summed E-state index contributed by atoms with van der Waals surface area (Å²) in [5.41, 5.74) is 4.90. The van der Waals surface area contributed by atoms with Gasteiger partial charge in [0, 0.05) is 38.4 Å². The van der Waals surface area contributed by atoms with Gasteiger partial charge in [-0.3, -0.25) is 19.2 Å². The minimum atomic E-state index is -1.64. The molecule has 2 amide bonds. The number of aromatic nitrogens is 2. The standard InChI is InChI=1S/C29H28N4O6S/c1-18(34)38-26(27(39-19(2)35)29(37)32-14-21-7-3-4-8-22(21)15-32)28(36)30-12-23-11-20(16-40-23)13-33-17-31-24-9-5-6-10-25(24)33/h3-11,16-17,26-27H,12-15H2,1-2H3,(H,30,36)/t26-,27+/m0/s1. The lowest BCUT2D eigenvalue weighted by Crippen LogP contribution is -2.53. The fraction of sp³-hybridized carbons (Fsp3) is 0.276. The number of carbonyl (C=O) groups is 4. The van der Waals surface area contributed by atoms with Crippen molar-refractivity contribution in [2.75, 3.05) is 0 Å². The molecule has 2 aromatic heterocycles. The number of hydrogen-bond acceptors (Lipinski definition) is 8. The largest absolute Gasteiger partial charge is 0.448 e. The summed E-state index contributed by atoms with van der Waals surface area (Å²) in [6.45, 7) is 3.62. The number of ether oxygens (including phenoxy) is 2. The number of carbonyl (C=O) groups excluding carboxylic acids is 4. The quantitative estimate of drug-likeness (QED) is 0.312. The molecule has 0 unspecified atom stereocenters. The molecule has 206 valence electrons. The Morgan fingerprint density at radius 1 is 0.950 bits per heavy atom. The van der Waals surface area contributed by atoms with Gasteiger partial charge in [-0.25, -0.2) is 4.98 Å². The molecule has 0 fully saturated rings. The number of amides is 2. The monoisotopic (exact) mass is 560 g/mol. The van der Waals surface area contributed by atoms with Crippen molar-refractivity contribution >= 4 is 46.1 Å². The summed E-state index contributed by atoms with van der Waals surface area (Å²) >= 11 is 1.47. The number of imidazole rings is 1. The number of thiophene rings is 1. The number of esters is 2. The van der Waals surface area contributed by atoms with Crippen LogP contribution in [-0.4, -0.2) is 50.4 Å². The third-order valence-electron chi connectivity index (χ3n) is 6.54. The van der Waals surface area contributed by atoms with E-state index in [0.29, 0.717) is 19.6 Å². The highest BCUT2D eigenvalue weighted by atomic mass is 32.1. The molecule has 3 heterocycles. The number of benzene rings is 2. The first kappa shape index (κ1) is 27.1. The summed E-state index contributed by atoms with van der Waals surface area (Å²) in [5.74, 6) is -2.89. The van der Waals surface area contributed by atoms with Crippen molar-refractivity contribution in [3.63, 3.8) is 0 Å². The van der Waals surface area contributed by atoms with E-state index in [1.54, 1.807) is 6.33 Å². The lowest BCUT2D eigenvalue weighted by atomic mass is 10.1. The second-order valence-corrected chi connectivity index (χ2v) is 10.5. The first-order valence-corrected chi connectivity index (χ1v) is 13.6. The van der Waals surface area contributed by atoms with E-state index < -0.39 is 36.0 Å². The summed E-state index contributed by atoms with van der Waals surface area (Å²) in [4.78, 5) is 57.3. The Bertz CT molecular complexity index is 1550. The topological polar surface area (TPSA) is 120 Å². The number of hydrogen-bond donors (Lipinski definition) is 1. The summed E-state index contributed by atoms with van der Waals surface area (Å²) in [5, 5.41) is 4.73. The molecule has 1 aliphatic rings. The molecule has 4 aromatic rings. The minimum absolute atomic E-state index is 0.141. The van der Waals surface area contributed by atoms with Crippen molar-refractivity contribution in [1.82, 2.24) is 19.8 Å². The second-order valence-electron chi connectivity index (χ2n) is 9.52. The summed E-state index contributed by atoms with van der Waals surface area (Å²) in [6, 6.07) is 17.4. The van der Waals surface area contributed by atoms with Crippen molar-refractivity contribution in [1.29, 1.82) is 0 Å². The fourth-order valence-corrected chi connectivity index (χ4v) is 5.55. The molecule has 11 heteroatoms. The van der Waals surface area contributed by atoms with E-state index in [1.807, 2.05) is 64.5 Å². The highest BCUT2D eigenvalue weighted by Crippen LogP contribution is 2.25. The normalized spacial score (nSPS) is 13.9. The van der Waals surface area contributed by atoms with Gasteiger partial charge < -0.3 is 24.3 Å². The zero-order valence-electron chi connectivity index (χ0n) is 22.0. The predicted molar refractivity (Wildman–Crippen MR) is 147 cm³/mol. The van der Waals surface area contributed by atoms with Crippen LogP contribution in [0.1, 0.15) is 35.4 Å². The average Bonchev–Trinajstić information content (AvgIpc) is 3.67. The Balaban J connectivity index is 1.27. The van der Waals surface area contributed by atoms with E-state index in [-0.39, 0.29) is 6.54 Å². The Kier molecular flexibility index (Phi) is 7.92. The molecule has 0 aliphatic carbocycles. The van der Waals surface area contributed by atoms with Crippen LogP contribution in [0.15, 0.2) is 66.3 Å². The van der Waals surface area contributed by atoms with Crippen molar-refractivity contribution in [2.45, 2.75) is 52.2 Å². The first-order chi connectivity index (χ1) is 19.3. The molecule has 5 rings (SSSR count). The number of fused-ring (bicyclic) bond motifs is 2. The maximum Gasteiger partial charge on any atom is 0.303 e. The third kappa shape index (κ3) is 6.04. The lowest BCUT2D eigenvalue weighted by Gasteiger charge is -2.28.